The summed E-state index contributed by atoms with van der Waals surface area (Å²) < 4.78 is 61.1. The van der Waals surface area contributed by atoms with Crippen LogP contribution in [0.3, 0.4) is 0 Å². The van der Waals surface area contributed by atoms with Gasteiger partial charge < -0.3 is 10.0 Å². The molecule has 10 heteroatoms. The highest BCUT2D eigenvalue weighted by Gasteiger charge is 2.65. The second-order valence-electron chi connectivity index (χ2n) is 3.20. The number of carboxylic acids is 1. The normalized spacial score (nSPS) is 21.7. The molecule has 1 saturated heterocycles. The molecule has 0 radical (unpaired) electrons. The van der Waals surface area contributed by atoms with E-state index in [9.17, 15) is 31.5 Å². The highest BCUT2D eigenvalue weighted by molar-refractivity contribution is 7.99. The molecule has 0 spiro atoms. The lowest BCUT2D eigenvalue weighted by Gasteiger charge is -2.26. The van der Waals surface area contributed by atoms with Gasteiger partial charge in [-0.1, -0.05) is 0 Å². The summed E-state index contributed by atoms with van der Waals surface area (Å²) in [5, 5.41) is 8.57. The standard InChI is InChI=1S/C7H6F5NO3S/c8-6(9,7(10,11)12)5(16)13-2-17-1-3(13)4(14)15/h3H,1-2H2,(H,14,15). The van der Waals surface area contributed by atoms with E-state index >= 15 is 0 Å². The van der Waals surface area contributed by atoms with E-state index in [2.05, 4.69) is 0 Å². The van der Waals surface area contributed by atoms with E-state index in [1.165, 1.54) is 0 Å². The van der Waals surface area contributed by atoms with Gasteiger partial charge in [0.05, 0.1) is 5.88 Å². The smallest absolute Gasteiger partial charge is 0.463 e. The number of hydrogen-bond donors (Lipinski definition) is 1. The topological polar surface area (TPSA) is 57.6 Å². The molecule has 0 aromatic heterocycles. The highest BCUT2D eigenvalue weighted by atomic mass is 32.2. The van der Waals surface area contributed by atoms with Crippen LogP contribution in [0.2, 0.25) is 0 Å². The van der Waals surface area contributed by atoms with Gasteiger partial charge in [-0.25, -0.2) is 4.79 Å². The molecule has 0 bridgehead atoms. The van der Waals surface area contributed by atoms with Gasteiger partial charge in [-0.2, -0.15) is 22.0 Å². The fourth-order valence-electron chi connectivity index (χ4n) is 1.15. The van der Waals surface area contributed by atoms with Crippen LogP contribution in [0.5, 0.6) is 0 Å². The summed E-state index contributed by atoms with van der Waals surface area (Å²) in [5.74, 6) is -10.4. The molecule has 1 rings (SSSR count). The first-order chi connectivity index (χ1) is 7.59. The summed E-state index contributed by atoms with van der Waals surface area (Å²) in [6.45, 7) is 0. The lowest BCUT2D eigenvalue weighted by atomic mass is 10.2. The molecule has 1 fully saturated rings. The maximum Gasteiger partial charge on any atom is 0.463 e. The molecule has 4 nitrogen and oxygen atoms in total. The average Bonchev–Trinajstić information content (AvgIpc) is 2.62. The fourth-order valence-corrected chi connectivity index (χ4v) is 2.29. The maximum atomic E-state index is 12.7. The molecule has 1 aliphatic heterocycles. The first-order valence-corrected chi connectivity index (χ1v) is 5.30. The maximum absolute atomic E-state index is 12.7. The van der Waals surface area contributed by atoms with Crippen molar-refractivity contribution in [2.24, 2.45) is 0 Å². The van der Waals surface area contributed by atoms with Crippen molar-refractivity contribution in [3.8, 4) is 0 Å². The second-order valence-corrected chi connectivity index (χ2v) is 4.20. The second kappa shape index (κ2) is 4.31. The summed E-state index contributed by atoms with van der Waals surface area (Å²) in [4.78, 5) is 21.6. The Labute approximate surface area is 95.8 Å². The Morgan fingerprint density at radius 1 is 1.24 bits per heavy atom. The van der Waals surface area contributed by atoms with E-state index in [0.29, 0.717) is 0 Å². The molecule has 0 aliphatic carbocycles. The Bertz CT molecular complexity index is 345. The summed E-state index contributed by atoms with van der Waals surface area (Å²) in [5.41, 5.74) is 0. The fraction of sp³-hybridized carbons (Fsp3) is 0.714. The van der Waals surface area contributed by atoms with Gasteiger partial charge in [0.2, 0.25) is 0 Å². The van der Waals surface area contributed by atoms with Gasteiger partial charge in [-0.05, 0) is 0 Å². The number of rotatable bonds is 2. The number of amides is 1. The van der Waals surface area contributed by atoms with Gasteiger partial charge in [0.25, 0.3) is 0 Å². The Balaban J connectivity index is 2.94. The first kappa shape index (κ1) is 14.0. The molecule has 1 amide bonds. The van der Waals surface area contributed by atoms with Crippen molar-refractivity contribution in [3.63, 3.8) is 0 Å². The molecule has 1 heterocycles. The first-order valence-electron chi connectivity index (χ1n) is 4.15. The number of aliphatic carboxylic acids is 1. The van der Waals surface area contributed by atoms with Gasteiger partial charge in [-0.15, -0.1) is 11.8 Å². The lowest BCUT2D eigenvalue weighted by Crippen LogP contribution is -2.55. The van der Waals surface area contributed by atoms with E-state index in [1.807, 2.05) is 0 Å². The van der Waals surface area contributed by atoms with Crippen LogP contribution in [0.4, 0.5) is 22.0 Å². The Kier molecular flexibility index (Phi) is 3.55. The van der Waals surface area contributed by atoms with Crippen LogP contribution >= 0.6 is 11.8 Å². The molecule has 0 aromatic carbocycles. The van der Waals surface area contributed by atoms with Crippen molar-refractivity contribution < 1.29 is 36.6 Å². The average molecular weight is 279 g/mol. The summed E-state index contributed by atoms with van der Waals surface area (Å²) in [6, 6.07) is -1.65. The largest absolute Gasteiger partial charge is 0.480 e. The van der Waals surface area contributed by atoms with Crippen LogP contribution in [0.1, 0.15) is 0 Å². The van der Waals surface area contributed by atoms with Crippen LogP contribution < -0.4 is 0 Å². The van der Waals surface area contributed by atoms with Crippen molar-refractivity contribution in [1.82, 2.24) is 4.90 Å². The van der Waals surface area contributed by atoms with E-state index in [1.54, 1.807) is 0 Å². The highest BCUT2D eigenvalue weighted by Crippen LogP contribution is 2.38. The summed E-state index contributed by atoms with van der Waals surface area (Å²) >= 11 is 0.797. The van der Waals surface area contributed by atoms with Crippen LogP contribution in [-0.4, -0.2) is 51.7 Å². The monoisotopic (exact) mass is 279 g/mol. The van der Waals surface area contributed by atoms with Gasteiger partial charge in [-0.3, -0.25) is 4.79 Å². The van der Waals surface area contributed by atoms with Crippen molar-refractivity contribution >= 4 is 23.6 Å². The number of halogens is 5. The molecular weight excluding hydrogens is 273 g/mol. The van der Waals surface area contributed by atoms with E-state index < -0.39 is 35.9 Å². The molecule has 0 aromatic rings. The minimum Gasteiger partial charge on any atom is -0.480 e. The lowest BCUT2D eigenvalue weighted by molar-refractivity contribution is -0.274. The third kappa shape index (κ3) is 2.45. The predicted molar refractivity (Wildman–Crippen MR) is 46.6 cm³/mol. The number of thioether (sulfide) groups is 1. The number of carboxylic acid groups (broad SMARTS) is 1. The molecule has 98 valence electrons. The quantitative estimate of drug-likeness (QED) is 0.771. The zero-order valence-corrected chi connectivity index (χ0v) is 8.82. The number of alkyl halides is 5. The number of carbonyl (C=O) groups is 2. The van der Waals surface area contributed by atoms with Gasteiger partial charge >= 0.3 is 24.0 Å². The van der Waals surface area contributed by atoms with E-state index in [-0.39, 0.29) is 10.7 Å². The minimum absolute atomic E-state index is 0.0283. The molecular formula is C7H6F5NO3S. The third-order valence-electron chi connectivity index (χ3n) is 2.05. The Morgan fingerprint density at radius 2 is 1.76 bits per heavy atom. The van der Waals surface area contributed by atoms with E-state index in [4.69, 9.17) is 5.11 Å². The molecule has 1 aliphatic rings. The number of hydrogen-bond acceptors (Lipinski definition) is 3. The SMILES string of the molecule is O=C(O)C1CSCN1C(=O)C(F)(F)C(F)(F)F. The van der Waals surface area contributed by atoms with Gasteiger partial charge in [0.15, 0.2) is 0 Å². The molecule has 1 unspecified atom stereocenters. The van der Waals surface area contributed by atoms with Gasteiger partial charge in [0, 0.05) is 5.75 Å². The third-order valence-corrected chi connectivity index (χ3v) is 3.07. The molecule has 1 N–H and O–H groups in total. The van der Waals surface area contributed by atoms with Crippen molar-refractivity contribution in [2.45, 2.75) is 18.1 Å². The molecule has 1 atom stereocenters. The van der Waals surface area contributed by atoms with Crippen molar-refractivity contribution in [2.75, 3.05) is 11.6 Å². The van der Waals surface area contributed by atoms with Crippen molar-refractivity contribution in [3.05, 3.63) is 0 Å². The summed E-state index contributed by atoms with van der Waals surface area (Å²) in [6.07, 6.45) is -6.03. The Morgan fingerprint density at radius 3 is 2.18 bits per heavy atom. The van der Waals surface area contributed by atoms with Crippen molar-refractivity contribution in [1.29, 1.82) is 0 Å². The van der Waals surface area contributed by atoms with Gasteiger partial charge in [0.1, 0.15) is 6.04 Å². The zero-order valence-electron chi connectivity index (χ0n) is 8.00. The van der Waals surface area contributed by atoms with Crippen LogP contribution in [-0.2, 0) is 9.59 Å². The summed E-state index contributed by atoms with van der Waals surface area (Å²) in [7, 11) is 0. The predicted octanol–water partition coefficient (Wildman–Crippen LogP) is 1.17. The van der Waals surface area contributed by atoms with E-state index in [0.717, 1.165) is 11.8 Å². The molecule has 0 saturated carbocycles. The zero-order chi connectivity index (χ0) is 13.4. The minimum atomic E-state index is -6.03. The number of nitrogens with zero attached hydrogens (tertiary/aromatic N) is 1. The molecule has 17 heavy (non-hydrogen) atoms. The van der Waals surface area contributed by atoms with Crippen LogP contribution in [0.15, 0.2) is 0 Å². The Hall–Kier alpha value is -1.06. The van der Waals surface area contributed by atoms with Crippen LogP contribution in [0.25, 0.3) is 0 Å². The number of carbonyl (C=O) groups excluding carboxylic acids is 1. The van der Waals surface area contributed by atoms with Crippen LogP contribution in [0, 0.1) is 0 Å².